The van der Waals surface area contributed by atoms with Crippen LogP contribution in [-0.2, 0) is 28.0 Å². The zero-order chi connectivity index (χ0) is 34.9. The number of nitrogens with zero attached hydrogens (tertiary/aromatic N) is 4. The quantitative estimate of drug-likeness (QED) is 0.139. The standard InChI is InChI=1S/C35H29F2N5O7/c1-3-45-35(44)27(18-28(39)43)48-31-29(36)33(47-24-11-7-10-23(17-24)32-40-14-15-42(32)2)41-34(30(31)37)49-26-16-22(19-38)12-13-25(26)46-20-21-8-5-4-6-9-21/h4-17,27H,3,18,20H2,1-2H3,(H2,39,43). The first kappa shape index (κ1) is 33.9. The number of ether oxygens (including phenoxy) is 5. The number of carbonyl (C=O) groups is 2. The van der Waals surface area contributed by atoms with Crippen molar-refractivity contribution in [3.05, 3.63) is 108 Å². The van der Waals surface area contributed by atoms with Gasteiger partial charge in [-0.2, -0.15) is 19.0 Å². The topological polar surface area (TPSA) is 161 Å². The molecule has 0 aliphatic rings. The van der Waals surface area contributed by atoms with Gasteiger partial charge in [0.15, 0.2) is 11.5 Å². The monoisotopic (exact) mass is 669 g/mol. The number of hydrogen-bond donors (Lipinski definition) is 1. The van der Waals surface area contributed by atoms with E-state index in [1.54, 1.807) is 42.2 Å². The molecule has 1 unspecified atom stereocenters. The summed E-state index contributed by atoms with van der Waals surface area (Å²) in [5.74, 6) is -7.30. The van der Waals surface area contributed by atoms with Crippen LogP contribution in [0.5, 0.6) is 34.8 Å². The first-order valence-electron chi connectivity index (χ1n) is 14.8. The number of nitriles is 1. The van der Waals surface area contributed by atoms with E-state index in [0.717, 1.165) is 5.56 Å². The van der Waals surface area contributed by atoms with E-state index in [9.17, 15) is 14.9 Å². The summed E-state index contributed by atoms with van der Waals surface area (Å²) in [6.07, 6.45) is 0.744. The van der Waals surface area contributed by atoms with Gasteiger partial charge < -0.3 is 34.0 Å². The average Bonchev–Trinajstić information content (AvgIpc) is 3.53. The molecule has 5 rings (SSSR count). The number of benzene rings is 3. The van der Waals surface area contributed by atoms with Crippen LogP contribution >= 0.6 is 0 Å². The van der Waals surface area contributed by atoms with Crippen LogP contribution in [0.2, 0.25) is 0 Å². The highest BCUT2D eigenvalue weighted by molar-refractivity contribution is 5.84. The van der Waals surface area contributed by atoms with Crippen molar-refractivity contribution in [2.45, 2.75) is 26.1 Å². The summed E-state index contributed by atoms with van der Waals surface area (Å²) in [4.78, 5) is 32.6. The fourth-order valence-corrected chi connectivity index (χ4v) is 4.52. The molecule has 49 heavy (non-hydrogen) atoms. The van der Waals surface area contributed by atoms with Gasteiger partial charge in [0.1, 0.15) is 18.2 Å². The zero-order valence-corrected chi connectivity index (χ0v) is 26.3. The van der Waals surface area contributed by atoms with E-state index in [1.807, 2.05) is 36.4 Å². The lowest BCUT2D eigenvalue weighted by atomic mass is 10.2. The van der Waals surface area contributed by atoms with Crippen LogP contribution in [0.1, 0.15) is 24.5 Å². The summed E-state index contributed by atoms with van der Waals surface area (Å²) >= 11 is 0. The van der Waals surface area contributed by atoms with Gasteiger partial charge in [-0.3, -0.25) is 4.79 Å². The maximum absolute atomic E-state index is 16.2. The Morgan fingerprint density at radius 2 is 1.73 bits per heavy atom. The summed E-state index contributed by atoms with van der Waals surface area (Å²) in [6, 6.07) is 21.7. The SMILES string of the molecule is CCOC(=O)C(CC(N)=O)Oc1c(F)c(Oc2cccc(-c3nccn3C)c2)nc(Oc2cc(C#N)ccc2OCc2ccccc2)c1F. The lowest BCUT2D eigenvalue weighted by molar-refractivity contribution is -0.153. The number of rotatable bonds is 14. The second-order valence-electron chi connectivity index (χ2n) is 10.3. The van der Waals surface area contributed by atoms with Crippen molar-refractivity contribution in [1.82, 2.24) is 14.5 Å². The molecule has 0 aliphatic heterocycles. The Morgan fingerprint density at radius 1 is 0.980 bits per heavy atom. The number of halogens is 2. The van der Waals surface area contributed by atoms with Crippen LogP contribution in [-0.4, -0.2) is 39.1 Å². The summed E-state index contributed by atoms with van der Waals surface area (Å²) in [6.45, 7) is 1.47. The van der Waals surface area contributed by atoms with Crippen molar-refractivity contribution in [3.8, 4) is 52.2 Å². The molecule has 2 heterocycles. The van der Waals surface area contributed by atoms with Gasteiger partial charge in [-0.15, -0.1) is 0 Å². The second-order valence-corrected chi connectivity index (χ2v) is 10.3. The molecule has 1 atom stereocenters. The molecule has 250 valence electrons. The van der Waals surface area contributed by atoms with Crippen molar-refractivity contribution in [3.63, 3.8) is 0 Å². The normalized spacial score (nSPS) is 11.2. The van der Waals surface area contributed by atoms with Crippen molar-refractivity contribution >= 4 is 11.9 Å². The molecule has 0 radical (unpaired) electrons. The van der Waals surface area contributed by atoms with Crippen LogP contribution in [0, 0.1) is 23.0 Å². The fraction of sp³-hybridized carbons (Fsp3) is 0.171. The molecule has 0 saturated carbocycles. The molecule has 2 aromatic heterocycles. The summed E-state index contributed by atoms with van der Waals surface area (Å²) in [5, 5.41) is 9.53. The Balaban J connectivity index is 1.58. The first-order valence-corrected chi connectivity index (χ1v) is 14.8. The summed E-state index contributed by atoms with van der Waals surface area (Å²) in [5.41, 5.74) is 6.83. The fourth-order valence-electron chi connectivity index (χ4n) is 4.52. The van der Waals surface area contributed by atoms with Gasteiger partial charge in [0.05, 0.1) is 24.7 Å². The lowest BCUT2D eigenvalue weighted by Crippen LogP contribution is -2.34. The lowest BCUT2D eigenvalue weighted by Gasteiger charge is -2.20. The first-order chi connectivity index (χ1) is 23.7. The van der Waals surface area contributed by atoms with Crippen LogP contribution in [0.15, 0.2) is 85.2 Å². The molecule has 0 aliphatic carbocycles. The Labute approximate surface area is 279 Å². The minimum Gasteiger partial charge on any atom is -0.485 e. The third-order valence-corrected chi connectivity index (χ3v) is 6.82. The third kappa shape index (κ3) is 8.27. The molecular weight excluding hydrogens is 640 g/mol. The number of aromatic nitrogens is 3. The minimum atomic E-state index is -1.83. The van der Waals surface area contributed by atoms with Crippen LogP contribution < -0.4 is 24.7 Å². The molecule has 12 nitrogen and oxygen atoms in total. The third-order valence-electron chi connectivity index (χ3n) is 6.82. The molecule has 0 fully saturated rings. The summed E-state index contributed by atoms with van der Waals surface area (Å²) in [7, 11) is 1.79. The number of esters is 1. The van der Waals surface area contributed by atoms with Crippen LogP contribution in [0.4, 0.5) is 8.78 Å². The highest BCUT2D eigenvalue weighted by Crippen LogP contribution is 2.41. The number of imidazole rings is 1. The molecule has 3 aromatic carbocycles. The maximum atomic E-state index is 16.2. The largest absolute Gasteiger partial charge is 0.485 e. The van der Waals surface area contributed by atoms with Crippen LogP contribution in [0.3, 0.4) is 0 Å². The van der Waals surface area contributed by atoms with Gasteiger partial charge in [-0.1, -0.05) is 42.5 Å². The van der Waals surface area contributed by atoms with Crippen molar-refractivity contribution in [2.24, 2.45) is 12.8 Å². The summed E-state index contributed by atoms with van der Waals surface area (Å²) < 4.78 is 61.8. The Hall–Kier alpha value is -6.49. The average molecular weight is 670 g/mol. The van der Waals surface area contributed by atoms with Gasteiger partial charge in [0.2, 0.25) is 29.4 Å². The second kappa shape index (κ2) is 15.4. The molecule has 14 heteroatoms. The smallest absolute Gasteiger partial charge is 0.347 e. The van der Waals surface area contributed by atoms with Crippen molar-refractivity contribution in [2.75, 3.05) is 6.61 Å². The number of carbonyl (C=O) groups excluding carboxylic acids is 2. The number of nitrogens with two attached hydrogens (primary N) is 1. The minimum absolute atomic E-state index is 0.0767. The molecule has 1 amide bonds. The van der Waals surface area contributed by atoms with E-state index in [-0.39, 0.29) is 36.0 Å². The Bertz CT molecular complexity index is 2010. The number of hydrogen-bond acceptors (Lipinski definition) is 10. The zero-order valence-electron chi connectivity index (χ0n) is 26.3. The molecule has 2 N–H and O–H groups in total. The van der Waals surface area contributed by atoms with Gasteiger partial charge in [0.25, 0.3) is 11.8 Å². The van der Waals surface area contributed by atoms with Gasteiger partial charge in [-0.25, -0.2) is 9.78 Å². The molecular formula is C35H29F2N5O7. The molecule has 0 bridgehead atoms. The van der Waals surface area contributed by atoms with Crippen LogP contribution in [0.25, 0.3) is 11.4 Å². The Morgan fingerprint density at radius 3 is 2.41 bits per heavy atom. The highest BCUT2D eigenvalue weighted by atomic mass is 19.1. The van der Waals surface area contributed by atoms with Crippen molar-refractivity contribution in [1.29, 1.82) is 5.26 Å². The van der Waals surface area contributed by atoms with Crippen molar-refractivity contribution < 1.29 is 42.1 Å². The van der Waals surface area contributed by atoms with E-state index >= 15 is 8.78 Å². The van der Waals surface area contributed by atoms with E-state index in [0.29, 0.717) is 11.4 Å². The molecule has 0 saturated heterocycles. The maximum Gasteiger partial charge on any atom is 0.347 e. The van der Waals surface area contributed by atoms with Gasteiger partial charge >= 0.3 is 5.97 Å². The molecule has 5 aromatic rings. The van der Waals surface area contributed by atoms with E-state index < -0.39 is 53.5 Å². The predicted molar refractivity (Wildman–Crippen MR) is 170 cm³/mol. The number of aryl methyl sites for hydroxylation is 1. The number of amides is 1. The number of primary amides is 1. The van der Waals surface area contributed by atoms with Gasteiger partial charge in [-0.05, 0) is 36.8 Å². The predicted octanol–water partition coefficient (Wildman–Crippen LogP) is 5.98. The highest BCUT2D eigenvalue weighted by Gasteiger charge is 2.32. The molecule has 0 spiro atoms. The van der Waals surface area contributed by atoms with E-state index in [4.69, 9.17) is 29.4 Å². The number of pyridine rings is 1. The van der Waals surface area contributed by atoms with Gasteiger partial charge in [0, 0.05) is 31.1 Å². The van der Waals surface area contributed by atoms with E-state index in [2.05, 4.69) is 9.97 Å². The van der Waals surface area contributed by atoms with E-state index in [1.165, 1.54) is 31.2 Å². The Kier molecular flexibility index (Phi) is 10.6.